The first-order chi connectivity index (χ1) is 11.2. The van der Waals surface area contributed by atoms with E-state index < -0.39 is 0 Å². The molecule has 0 spiro atoms. The van der Waals surface area contributed by atoms with Gasteiger partial charge in [0, 0.05) is 11.1 Å². The fourth-order valence-electron chi connectivity index (χ4n) is 2.04. The minimum absolute atomic E-state index is 0.231. The topological polar surface area (TPSA) is 65.2 Å². The molecule has 0 radical (unpaired) electrons. The van der Waals surface area contributed by atoms with E-state index in [0.717, 1.165) is 0 Å². The number of hydrogen-bond donors (Lipinski definition) is 0. The van der Waals surface area contributed by atoms with E-state index in [2.05, 4.69) is 10.2 Å². The van der Waals surface area contributed by atoms with Crippen LogP contribution in [0.1, 0.15) is 17.3 Å². The van der Waals surface area contributed by atoms with Crippen LogP contribution in [0.4, 0.5) is 4.39 Å². The van der Waals surface area contributed by atoms with Crippen molar-refractivity contribution in [1.82, 2.24) is 10.2 Å². The van der Waals surface area contributed by atoms with E-state index in [-0.39, 0.29) is 17.7 Å². The summed E-state index contributed by atoms with van der Waals surface area (Å²) in [6.07, 6.45) is 0. The van der Waals surface area contributed by atoms with Crippen molar-refractivity contribution in [2.45, 2.75) is 6.92 Å². The highest BCUT2D eigenvalue weighted by Crippen LogP contribution is 2.24. The first kappa shape index (κ1) is 14.9. The molecule has 0 fully saturated rings. The fourth-order valence-corrected chi connectivity index (χ4v) is 2.04. The predicted molar refractivity (Wildman–Crippen MR) is 81.1 cm³/mol. The maximum atomic E-state index is 13.2. The minimum atomic E-state index is -0.384. The standard InChI is InChI=1S/C17H13FN2O3/c1-2-22-17(21)12-8-6-11(7-9-12)15-19-20-16(23-15)13-4-3-5-14(18)10-13/h3-10H,2H2,1H3. The van der Waals surface area contributed by atoms with Crippen molar-refractivity contribution in [3.63, 3.8) is 0 Å². The fraction of sp³-hybridized carbons (Fsp3) is 0.118. The van der Waals surface area contributed by atoms with Crippen molar-refractivity contribution in [1.29, 1.82) is 0 Å². The molecule has 3 aromatic rings. The Balaban J connectivity index is 1.84. The number of benzene rings is 2. The summed E-state index contributed by atoms with van der Waals surface area (Å²) in [5.74, 6) is -0.236. The van der Waals surface area contributed by atoms with Crippen LogP contribution >= 0.6 is 0 Å². The largest absolute Gasteiger partial charge is 0.462 e. The van der Waals surface area contributed by atoms with Crippen molar-refractivity contribution in [3.8, 4) is 22.9 Å². The van der Waals surface area contributed by atoms with Crippen LogP contribution in [0.5, 0.6) is 0 Å². The molecule has 0 unspecified atom stereocenters. The summed E-state index contributed by atoms with van der Waals surface area (Å²) in [5, 5.41) is 7.86. The number of esters is 1. The molecule has 0 N–H and O–H groups in total. The molecule has 6 heteroatoms. The summed E-state index contributed by atoms with van der Waals surface area (Å²) in [6.45, 7) is 2.07. The lowest BCUT2D eigenvalue weighted by molar-refractivity contribution is 0.0526. The average molecular weight is 312 g/mol. The van der Waals surface area contributed by atoms with E-state index in [9.17, 15) is 9.18 Å². The highest BCUT2D eigenvalue weighted by molar-refractivity contribution is 5.89. The van der Waals surface area contributed by atoms with Crippen LogP contribution in [-0.4, -0.2) is 22.8 Å². The molecule has 5 nitrogen and oxygen atoms in total. The highest BCUT2D eigenvalue weighted by Gasteiger charge is 2.12. The van der Waals surface area contributed by atoms with Crippen LogP contribution in [0.2, 0.25) is 0 Å². The van der Waals surface area contributed by atoms with E-state index in [1.807, 2.05) is 0 Å². The van der Waals surface area contributed by atoms with Crippen molar-refractivity contribution >= 4 is 5.97 Å². The van der Waals surface area contributed by atoms with E-state index in [0.29, 0.717) is 29.2 Å². The van der Waals surface area contributed by atoms with Crippen LogP contribution in [0.3, 0.4) is 0 Å². The molecule has 23 heavy (non-hydrogen) atoms. The summed E-state index contributed by atoms with van der Waals surface area (Å²) >= 11 is 0. The Morgan fingerprint density at radius 1 is 1.09 bits per heavy atom. The van der Waals surface area contributed by atoms with Gasteiger partial charge in [-0.3, -0.25) is 0 Å². The number of nitrogens with zero attached hydrogens (tertiary/aromatic N) is 2. The number of carbonyl (C=O) groups excluding carboxylic acids is 1. The van der Waals surface area contributed by atoms with Gasteiger partial charge in [-0.25, -0.2) is 9.18 Å². The third-order valence-corrected chi connectivity index (χ3v) is 3.14. The molecule has 1 heterocycles. The molecule has 0 aliphatic carbocycles. The molecule has 2 aromatic carbocycles. The van der Waals surface area contributed by atoms with Crippen LogP contribution < -0.4 is 0 Å². The number of rotatable bonds is 4. The molecule has 0 saturated heterocycles. The smallest absolute Gasteiger partial charge is 0.338 e. The molecule has 0 aliphatic heterocycles. The second kappa shape index (κ2) is 6.39. The van der Waals surface area contributed by atoms with Gasteiger partial charge in [-0.05, 0) is 49.4 Å². The predicted octanol–water partition coefficient (Wildman–Crippen LogP) is 3.72. The summed E-state index contributed by atoms with van der Waals surface area (Å²) in [7, 11) is 0. The maximum absolute atomic E-state index is 13.2. The molecular weight excluding hydrogens is 299 g/mol. The number of hydrogen-bond acceptors (Lipinski definition) is 5. The van der Waals surface area contributed by atoms with Gasteiger partial charge in [0.05, 0.1) is 12.2 Å². The van der Waals surface area contributed by atoms with Crippen molar-refractivity contribution in [2.24, 2.45) is 0 Å². The Morgan fingerprint density at radius 3 is 2.43 bits per heavy atom. The molecule has 3 rings (SSSR count). The second-order valence-electron chi connectivity index (χ2n) is 4.72. The molecule has 0 atom stereocenters. The lowest BCUT2D eigenvalue weighted by atomic mass is 10.1. The van der Waals surface area contributed by atoms with E-state index in [1.165, 1.54) is 12.1 Å². The molecule has 116 valence electrons. The third kappa shape index (κ3) is 3.26. The second-order valence-corrected chi connectivity index (χ2v) is 4.72. The minimum Gasteiger partial charge on any atom is -0.462 e. The average Bonchev–Trinajstić information content (AvgIpc) is 3.05. The number of halogens is 1. The van der Waals surface area contributed by atoms with Gasteiger partial charge in [0.1, 0.15) is 5.82 Å². The summed E-state index contributed by atoms with van der Waals surface area (Å²) < 4.78 is 23.7. The summed E-state index contributed by atoms with van der Waals surface area (Å²) in [4.78, 5) is 11.6. The zero-order valence-corrected chi connectivity index (χ0v) is 12.3. The lowest BCUT2D eigenvalue weighted by Gasteiger charge is -2.01. The molecular formula is C17H13FN2O3. The van der Waals surface area contributed by atoms with E-state index in [1.54, 1.807) is 43.3 Å². The molecule has 1 aromatic heterocycles. The van der Waals surface area contributed by atoms with Gasteiger partial charge in [-0.1, -0.05) is 6.07 Å². The summed E-state index contributed by atoms with van der Waals surface area (Å²) in [5.41, 5.74) is 1.61. The van der Waals surface area contributed by atoms with Crippen LogP contribution in [0.25, 0.3) is 22.9 Å². The van der Waals surface area contributed by atoms with Gasteiger partial charge in [0.15, 0.2) is 0 Å². The normalized spacial score (nSPS) is 10.5. The Bertz CT molecular complexity index is 828. The Morgan fingerprint density at radius 2 is 1.78 bits per heavy atom. The van der Waals surface area contributed by atoms with Crippen LogP contribution in [0.15, 0.2) is 52.9 Å². The van der Waals surface area contributed by atoms with Crippen molar-refractivity contribution < 1.29 is 18.3 Å². The van der Waals surface area contributed by atoms with Crippen molar-refractivity contribution in [3.05, 3.63) is 59.9 Å². The first-order valence-corrected chi connectivity index (χ1v) is 7.04. The molecule has 0 saturated carbocycles. The van der Waals surface area contributed by atoms with Gasteiger partial charge in [0.25, 0.3) is 0 Å². The highest BCUT2D eigenvalue weighted by atomic mass is 19.1. The van der Waals surface area contributed by atoms with E-state index >= 15 is 0 Å². The van der Waals surface area contributed by atoms with Gasteiger partial charge in [0.2, 0.25) is 11.8 Å². The number of carbonyl (C=O) groups is 1. The zero-order chi connectivity index (χ0) is 16.2. The zero-order valence-electron chi connectivity index (χ0n) is 12.3. The Hall–Kier alpha value is -3.02. The molecule has 0 bridgehead atoms. The lowest BCUT2D eigenvalue weighted by Crippen LogP contribution is -2.03. The SMILES string of the molecule is CCOC(=O)c1ccc(-c2nnc(-c3cccc(F)c3)o2)cc1. The Labute approximate surface area is 131 Å². The maximum Gasteiger partial charge on any atom is 0.338 e. The van der Waals surface area contributed by atoms with Crippen LogP contribution in [0, 0.1) is 5.82 Å². The van der Waals surface area contributed by atoms with E-state index in [4.69, 9.17) is 9.15 Å². The Kier molecular flexibility index (Phi) is 4.14. The monoisotopic (exact) mass is 312 g/mol. The number of aromatic nitrogens is 2. The van der Waals surface area contributed by atoms with Crippen molar-refractivity contribution in [2.75, 3.05) is 6.61 Å². The van der Waals surface area contributed by atoms with Gasteiger partial charge in [-0.15, -0.1) is 10.2 Å². The van der Waals surface area contributed by atoms with Crippen LogP contribution in [-0.2, 0) is 4.74 Å². The van der Waals surface area contributed by atoms with Gasteiger partial charge < -0.3 is 9.15 Å². The van der Waals surface area contributed by atoms with Gasteiger partial charge >= 0.3 is 5.97 Å². The quantitative estimate of drug-likeness (QED) is 0.687. The first-order valence-electron chi connectivity index (χ1n) is 7.04. The third-order valence-electron chi connectivity index (χ3n) is 3.14. The molecule has 0 amide bonds. The number of ether oxygens (including phenoxy) is 1. The summed E-state index contributed by atoms with van der Waals surface area (Å²) in [6, 6.07) is 12.5. The van der Waals surface area contributed by atoms with Gasteiger partial charge in [-0.2, -0.15) is 0 Å². The molecule has 0 aliphatic rings.